The molecular weight excluding hydrogens is 140 g/mol. The van der Waals surface area contributed by atoms with Gasteiger partial charge in [0, 0.05) is 5.92 Å². The van der Waals surface area contributed by atoms with E-state index in [-0.39, 0.29) is 17.9 Å². The van der Waals surface area contributed by atoms with Gasteiger partial charge in [-0.3, -0.25) is 0 Å². The Morgan fingerprint density at radius 3 is 2.45 bits per heavy atom. The van der Waals surface area contributed by atoms with Crippen molar-refractivity contribution in [3.05, 3.63) is 0 Å². The number of aliphatic hydroxyl groups excluding tert-OH is 1. The first-order chi connectivity index (χ1) is 5.16. The van der Waals surface area contributed by atoms with Gasteiger partial charge in [-0.15, -0.1) is 0 Å². The number of rotatable bonds is 1. The first-order valence-corrected chi connectivity index (χ1v) is 4.30. The van der Waals surface area contributed by atoms with E-state index in [9.17, 15) is 9.90 Å². The molecule has 1 aliphatic carbocycles. The summed E-state index contributed by atoms with van der Waals surface area (Å²) in [4.78, 5) is 10.6. The summed E-state index contributed by atoms with van der Waals surface area (Å²) in [6, 6.07) is 0. The molecule has 1 saturated carbocycles. The van der Waals surface area contributed by atoms with E-state index in [0.29, 0.717) is 5.92 Å². The van der Waals surface area contributed by atoms with Gasteiger partial charge < -0.3 is 9.90 Å². The van der Waals surface area contributed by atoms with Crippen LogP contribution in [0.3, 0.4) is 0 Å². The Morgan fingerprint density at radius 2 is 2.00 bits per heavy atom. The van der Waals surface area contributed by atoms with Crippen LogP contribution in [-0.2, 0) is 4.79 Å². The van der Waals surface area contributed by atoms with E-state index in [1.165, 1.54) is 0 Å². The standard InChI is InChI=1S/C9H16O2/c1-6-3-4-9(11)7(2)8(6)5-10/h5-9,11H,3-4H2,1-2H3. The van der Waals surface area contributed by atoms with E-state index in [4.69, 9.17) is 0 Å². The summed E-state index contributed by atoms with van der Waals surface area (Å²) in [6.45, 7) is 4.04. The molecule has 0 bridgehead atoms. The molecular formula is C9H16O2. The van der Waals surface area contributed by atoms with Gasteiger partial charge in [-0.2, -0.15) is 0 Å². The van der Waals surface area contributed by atoms with Gasteiger partial charge in [0.25, 0.3) is 0 Å². The number of aldehydes is 1. The molecule has 1 aliphatic rings. The normalized spacial score (nSPS) is 45.4. The second-order valence-corrected chi connectivity index (χ2v) is 3.69. The molecule has 0 aromatic heterocycles. The molecule has 11 heavy (non-hydrogen) atoms. The fourth-order valence-corrected chi connectivity index (χ4v) is 1.92. The minimum Gasteiger partial charge on any atom is -0.393 e. The Kier molecular flexibility index (Phi) is 2.66. The van der Waals surface area contributed by atoms with Crippen LogP contribution in [0, 0.1) is 17.8 Å². The van der Waals surface area contributed by atoms with Crippen molar-refractivity contribution in [1.29, 1.82) is 0 Å². The lowest BCUT2D eigenvalue weighted by Crippen LogP contribution is -2.35. The molecule has 2 heteroatoms. The molecule has 0 aromatic rings. The summed E-state index contributed by atoms with van der Waals surface area (Å²) in [5.74, 6) is 0.667. The van der Waals surface area contributed by atoms with Crippen LogP contribution in [-0.4, -0.2) is 17.5 Å². The van der Waals surface area contributed by atoms with E-state index in [1.807, 2.05) is 6.92 Å². The Morgan fingerprint density at radius 1 is 1.36 bits per heavy atom. The van der Waals surface area contributed by atoms with Crippen molar-refractivity contribution < 1.29 is 9.90 Å². The molecule has 0 amide bonds. The van der Waals surface area contributed by atoms with Gasteiger partial charge in [0.2, 0.25) is 0 Å². The van der Waals surface area contributed by atoms with Crippen LogP contribution in [0.4, 0.5) is 0 Å². The highest BCUT2D eigenvalue weighted by molar-refractivity contribution is 5.54. The summed E-state index contributed by atoms with van der Waals surface area (Å²) in [6.07, 6.45) is 2.57. The van der Waals surface area contributed by atoms with Crippen LogP contribution in [0.15, 0.2) is 0 Å². The zero-order valence-electron chi connectivity index (χ0n) is 7.16. The average molecular weight is 156 g/mol. The Labute approximate surface area is 67.6 Å². The molecule has 0 heterocycles. The van der Waals surface area contributed by atoms with E-state index in [2.05, 4.69) is 6.92 Å². The highest BCUT2D eigenvalue weighted by Gasteiger charge is 2.32. The van der Waals surface area contributed by atoms with Gasteiger partial charge in [0.05, 0.1) is 6.10 Å². The zero-order valence-corrected chi connectivity index (χ0v) is 7.16. The SMILES string of the molecule is CC1CCC(O)C(C)C1C=O. The molecule has 1 rings (SSSR count). The van der Waals surface area contributed by atoms with E-state index in [0.717, 1.165) is 19.1 Å². The third kappa shape index (κ3) is 1.62. The molecule has 0 radical (unpaired) electrons. The largest absolute Gasteiger partial charge is 0.393 e. The van der Waals surface area contributed by atoms with Crippen molar-refractivity contribution in [3.63, 3.8) is 0 Å². The Balaban J connectivity index is 2.62. The van der Waals surface area contributed by atoms with Gasteiger partial charge in [0.1, 0.15) is 6.29 Å². The molecule has 2 nitrogen and oxygen atoms in total. The summed E-state index contributed by atoms with van der Waals surface area (Å²) < 4.78 is 0. The average Bonchev–Trinajstić information content (AvgIpc) is 1.99. The maximum Gasteiger partial charge on any atom is 0.123 e. The molecule has 64 valence electrons. The minimum atomic E-state index is -0.263. The summed E-state index contributed by atoms with van der Waals surface area (Å²) >= 11 is 0. The van der Waals surface area contributed by atoms with Crippen LogP contribution in [0.5, 0.6) is 0 Å². The van der Waals surface area contributed by atoms with E-state index >= 15 is 0 Å². The molecule has 1 N–H and O–H groups in total. The van der Waals surface area contributed by atoms with Gasteiger partial charge in [-0.1, -0.05) is 13.8 Å². The monoisotopic (exact) mass is 156 g/mol. The van der Waals surface area contributed by atoms with Crippen molar-refractivity contribution in [3.8, 4) is 0 Å². The molecule has 0 aromatic carbocycles. The summed E-state index contributed by atoms with van der Waals surface area (Å²) in [5.41, 5.74) is 0. The van der Waals surface area contributed by atoms with Gasteiger partial charge in [0.15, 0.2) is 0 Å². The van der Waals surface area contributed by atoms with Crippen LogP contribution in [0.25, 0.3) is 0 Å². The highest BCUT2D eigenvalue weighted by atomic mass is 16.3. The third-order valence-corrected chi connectivity index (χ3v) is 2.95. The minimum absolute atomic E-state index is 0.0683. The van der Waals surface area contributed by atoms with Crippen molar-refractivity contribution in [1.82, 2.24) is 0 Å². The summed E-state index contributed by atoms with van der Waals surface area (Å²) in [7, 11) is 0. The molecule has 0 aliphatic heterocycles. The molecule has 0 saturated heterocycles. The molecule has 4 unspecified atom stereocenters. The lowest BCUT2D eigenvalue weighted by atomic mass is 9.73. The smallest absolute Gasteiger partial charge is 0.123 e. The predicted octanol–water partition coefficient (Wildman–Crippen LogP) is 1.23. The second kappa shape index (κ2) is 3.35. The van der Waals surface area contributed by atoms with Crippen molar-refractivity contribution >= 4 is 6.29 Å². The summed E-state index contributed by atoms with van der Waals surface area (Å²) in [5, 5.41) is 9.44. The first-order valence-electron chi connectivity index (χ1n) is 4.30. The van der Waals surface area contributed by atoms with Crippen LogP contribution < -0.4 is 0 Å². The van der Waals surface area contributed by atoms with Crippen molar-refractivity contribution in [2.24, 2.45) is 17.8 Å². The van der Waals surface area contributed by atoms with Gasteiger partial charge in [-0.05, 0) is 24.7 Å². The topological polar surface area (TPSA) is 37.3 Å². The number of carbonyl (C=O) groups excluding carboxylic acids is 1. The molecule has 0 spiro atoms. The first kappa shape index (κ1) is 8.72. The van der Waals surface area contributed by atoms with Crippen LogP contribution >= 0.6 is 0 Å². The van der Waals surface area contributed by atoms with Gasteiger partial charge in [-0.25, -0.2) is 0 Å². The number of hydrogen-bond donors (Lipinski definition) is 1. The fraction of sp³-hybridized carbons (Fsp3) is 0.889. The maximum atomic E-state index is 10.6. The lowest BCUT2D eigenvalue weighted by Gasteiger charge is -2.34. The Bertz CT molecular complexity index is 144. The van der Waals surface area contributed by atoms with Gasteiger partial charge >= 0.3 is 0 Å². The number of carbonyl (C=O) groups is 1. The highest BCUT2D eigenvalue weighted by Crippen LogP contribution is 2.32. The zero-order chi connectivity index (χ0) is 8.43. The Hall–Kier alpha value is -0.370. The third-order valence-electron chi connectivity index (χ3n) is 2.95. The van der Waals surface area contributed by atoms with Crippen molar-refractivity contribution in [2.45, 2.75) is 32.8 Å². The number of hydrogen-bond acceptors (Lipinski definition) is 2. The van der Waals surface area contributed by atoms with Crippen LogP contribution in [0.1, 0.15) is 26.7 Å². The fourth-order valence-electron chi connectivity index (χ4n) is 1.92. The lowest BCUT2D eigenvalue weighted by molar-refractivity contribution is -0.117. The number of aliphatic hydroxyl groups is 1. The van der Waals surface area contributed by atoms with E-state index in [1.54, 1.807) is 0 Å². The predicted molar refractivity (Wildman–Crippen MR) is 43.1 cm³/mol. The quantitative estimate of drug-likeness (QED) is 0.580. The molecule has 4 atom stereocenters. The van der Waals surface area contributed by atoms with Crippen LogP contribution in [0.2, 0.25) is 0 Å². The maximum absolute atomic E-state index is 10.6. The second-order valence-electron chi connectivity index (χ2n) is 3.69. The molecule has 1 fully saturated rings. The van der Waals surface area contributed by atoms with E-state index < -0.39 is 0 Å². The van der Waals surface area contributed by atoms with Crippen molar-refractivity contribution in [2.75, 3.05) is 0 Å².